The molecule has 0 spiro atoms. The number of nitrogens with zero attached hydrogens (tertiary/aromatic N) is 1. The Morgan fingerprint density at radius 2 is 1.26 bits per heavy atom. The van der Waals surface area contributed by atoms with Crippen LogP contribution >= 0.6 is 12.6 Å². The Kier molecular flexibility index (Phi) is 18.5. The number of ketones is 1. The van der Waals surface area contributed by atoms with Gasteiger partial charge >= 0.3 is 24.2 Å². The highest BCUT2D eigenvalue weighted by atomic mass is 32.1. The molecule has 0 fully saturated rings. The molecule has 0 heterocycles. The maximum Gasteiger partial charge on any atom is 0.417 e. The minimum Gasteiger partial charge on any atom is -0.460 e. The molecule has 0 bridgehead atoms. The number of carbonyl (C=O) groups excluding carboxylic acids is 6. The van der Waals surface area contributed by atoms with Crippen LogP contribution < -0.4 is 26.8 Å². The van der Waals surface area contributed by atoms with E-state index in [0.29, 0.717) is 23.1 Å². The predicted molar refractivity (Wildman–Crippen MR) is 254 cm³/mol. The fourth-order valence-electron chi connectivity index (χ4n) is 7.25. The second kappa shape index (κ2) is 23.5. The minimum absolute atomic E-state index is 0.0238. The van der Waals surface area contributed by atoms with Crippen LogP contribution in [0.4, 0.5) is 14.4 Å². The monoisotopic (exact) mass is 923 g/mol. The summed E-state index contributed by atoms with van der Waals surface area (Å²) in [5.74, 6) is -2.39. The van der Waals surface area contributed by atoms with Crippen LogP contribution in [0.1, 0.15) is 87.0 Å². The van der Waals surface area contributed by atoms with Gasteiger partial charge in [0.2, 0.25) is 5.91 Å². The number of Topliss-reactive ketones (excluding diaryl/α,β-unsaturated/α-hetero) is 1. The van der Waals surface area contributed by atoms with Gasteiger partial charge in [-0.1, -0.05) is 110 Å². The van der Waals surface area contributed by atoms with Gasteiger partial charge in [0.25, 0.3) is 0 Å². The number of benzene rings is 4. The second-order valence-electron chi connectivity index (χ2n) is 17.3. The zero-order valence-corrected chi connectivity index (χ0v) is 39.2. The summed E-state index contributed by atoms with van der Waals surface area (Å²) in [7, 11) is 0. The van der Waals surface area contributed by atoms with Gasteiger partial charge in [-0.05, 0) is 95.3 Å². The van der Waals surface area contributed by atoms with E-state index in [4.69, 9.17) is 30.4 Å². The third-order valence-electron chi connectivity index (χ3n) is 9.93. The van der Waals surface area contributed by atoms with Gasteiger partial charge in [0.1, 0.15) is 41.2 Å². The molecule has 6 N–H and O–H groups in total. The van der Waals surface area contributed by atoms with Gasteiger partial charge in [-0.3, -0.25) is 14.5 Å². The number of thiol groups is 1. The molecule has 0 aliphatic heterocycles. The van der Waals surface area contributed by atoms with Crippen LogP contribution in [0.3, 0.4) is 0 Å². The summed E-state index contributed by atoms with van der Waals surface area (Å²) in [5, 5.41) is 5.30. The summed E-state index contributed by atoms with van der Waals surface area (Å²) in [6, 6.07) is 26.7. The van der Waals surface area contributed by atoms with E-state index < -0.39 is 70.8 Å². The van der Waals surface area contributed by atoms with Crippen molar-refractivity contribution in [1.29, 1.82) is 0 Å². The van der Waals surface area contributed by atoms with Gasteiger partial charge in [-0.2, -0.15) is 12.6 Å². The van der Waals surface area contributed by atoms with Crippen LogP contribution in [0.5, 0.6) is 5.75 Å². The molecule has 0 radical (unpaired) electrons. The molecule has 15 nitrogen and oxygen atoms in total. The molecule has 3 atom stereocenters. The first kappa shape index (κ1) is 52.0. The van der Waals surface area contributed by atoms with Crippen molar-refractivity contribution >= 4 is 48.6 Å². The number of amides is 4. The normalized spacial score (nSPS) is 12.9. The van der Waals surface area contributed by atoms with E-state index in [2.05, 4.69) is 29.8 Å². The third-order valence-corrected chi connectivity index (χ3v) is 10.3. The minimum atomic E-state index is -1.84. The Morgan fingerprint density at radius 3 is 1.74 bits per heavy atom. The largest absolute Gasteiger partial charge is 0.460 e. The molecule has 352 valence electrons. The number of ether oxygens (including phenoxy) is 4. The van der Waals surface area contributed by atoms with Crippen molar-refractivity contribution in [3.8, 4) is 5.75 Å². The van der Waals surface area contributed by atoms with E-state index in [1.165, 1.54) is 23.1 Å². The van der Waals surface area contributed by atoms with Crippen molar-refractivity contribution in [2.75, 3.05) is 18.9 Å². The molecule has 4 amide bonds. The van der Waals surface area contributed by atoms with E-state index in [9.17, 15) is 19.2 Å². The maximum absolute atomic E-state index is 15.3. The number of alkyl carbamates (subject to hydrolysis) is 2. The molecule has 0 aliphatic carbocycles. The molecule has 0 saturated carbocycles. The van der Waals surface area contributed by atoms with Gasteiger partial charge in [0, 0.05) is 17.7 Å². The number of esters is 1. The van der Waals surface area contributed by atoms with Gasteiger partial charge in [-0.15, -0.1) is 0 Å². The molecular weight excluding hydrogens is 863 g/mol. The Labute approximate surface area is 392 Å². The number of rotatable bonds is 20. The molecule has 4 rings (SSSR count). The lowest BCUT2D eigenvalue weighted by molar-refractivity contribution is -0.144. The number of hydrogen-bond donors (Lipinski definition) is 5. The Balaban J connectivity index is 1.91. The molecule has 0 saturated heterocycles. The van der Waals surface area contributed by atoms with Crippen LogP contribution in [0.25, 0.3) is 0 Å². The van der Waals surface area contributed by atoms with Gasteiger partial charge in [0.05, 0.1) is 6.04 Å². The molecule has 16 heteroatoms. The van der Waals surface area contributed by atoms with Crippen molar-refractivity contribution in [2.24, 2.45) is 11.5 Å². The van der Waals surface area contributed by atoms with Gasteiger partial charge in [-0.25, -0.2) is 19.2 Å². The van der Waals surface area contributed by atoms with Crippen LogP contribution in [-0.4, -0.2) is 89.1 Å². The summed E-state index contributed by atoms with van der Waals surface area (Å²) in [6.45, 7) is 13.9. The van der Waals surface area contributed by atoms with Crippen LogP contribution in [0, 0.1) is 0 Å². The van der Waals surface area contributed by atoms with Gasteiger partial charge in [0.15, 0.2) is 5.78 Å². The fourth-order valence-corrected chi connectivity index (χ4v) is 7.59. The first-order chi connectivity index (χ1) is 31.2. The zero-order chi connectivity index (χ0) is 48.7. The van der Waals surface area contributed by atoms with Crippen molar-refractivity contribution in [3.63, 3.8) is 0 Å². The highest BCUT2D eigenvalue weighted by Crippen LogP contribution is 2.46. The Bertz CT molecular complexity index is 2260. The number of carbonyl (C=O) groups is 6. The molecule has 0 aliphatic rings. The lowest BCUT2D eigenvalue weighted by Crippen LogP contribution is -2.61. The molecule has 66 heavy (non-hydrogen) atoms. The van der Waals surface area contributed by atoms with Crippen molar-refractivity contribution < 1.29 is 47.7 Å². The standard InChI is InChI=1S/C50H61N5O10S/c1-8-30-62-44(58)40(54-46(60)65-49(5,6)7)31-33-25-27-36(28-26-33)63-47(61)55(41(32-66)43(52)57)50(34-18-11-9-12-19-34,35-20-13-10-14-21-35)38-23-16-15-22-37(38)42(56)39(24-17-29-51)53-45(59)64-48(2,3)4/h8-16,18-23,25-28,39-41,66H,1,17,24,29-32,51H2,2-7H3,(H2,52,57)(H,53,59)(H,54,60)/t39-,40-,41-/m0/s1. The number of nitrogens with one attached hydrogen (secondary N) is 2. The summed E-state index contributed by atoms with van der Waals surface area (Å²) >= 11 is 4.55. The molecule has 0 unspecified atom stereocenters. The van der Waals surface area contributed by atoms with Crippen LogP contribution in [-0.2, 0) is 35.8 Å². The lowest BCUT2D eigenvalue weighted by Gasteiger charge is -2.47. The van der Waals surface area contributed by atoms with E-state index in [-0.39, 0.29) is 48.6 Å². The van der Waals surface area contributed by atoms with E-state index in [1.54, 1.807) is 139 Å². The fraction of sp³-hybridized carbons (Fsp3) is 0.360. The highest BCUT2D eigenvalue weighted by molar-refractivity contribution is 7.80. The Hall–Kier alpha value is -6.65. The molecule has 4 aromatic rings. The molecule has 4 aromatic carbocycles. The third kappa shape index (κ3) is 13.9. The summed E-state index contributed by atoms with van der Waals surface area (Å²) in [5.41, 5.74) is 10.3. The van der Waals surface area contributed by atoms with E-state index in [0.717, 1.165) is 0 Å². The first-order valence-electron chi connectivity index (χ1n) is 21.5. The number of primary amides is 1. The summed E-state index contributed by atoms with van der Waals surface area (Å²) in [6.07, 6.45) is -0.772. The lowest BCUT2D eigenvalue weighted by atomic mass is 9.72. The highest BCUT2D eigenvalue weighted by Gasteiger charge is 2.52. The Morgan fingerprint density at radius 1 is 0.742 bits per heavy atom. The number of nitrogens with two attached hydrogens (primary N) is 2. The summed E-state index contributed by atoms with van der Waals surface area (Å²) < 4.78 is 22.3. The van der Waals surface area contributed by atoms with Crippen molar-refractivity contribution in [3.05, 3.63) is 150 Å². The second-order valence-corrected chi connectivity index (χ2v) is 17.7. The topological polar surface area (TPSA) is 219 Å². The SMILES string of the molecule is C=CCOC(=O)[C@H](Cc1ccc(OC(=O)N([C@@H](CS)C(N)=O)C(c2ccccc2)(c2ccccc2)c2ccccc2C(=O)[C@H](CCCN)NC(=O)OC(C)(C)C)cc1)NC(=O)OC(C)(C)C. The average molecular weight is 924 g/mol. The zero-order valence-electron chi connectivity index (χ0n) is 38.3. The smallest absolute Gasteiger partial charge is 0.417 e. The van der Waals surface area contributed by atoms with Crippen LogP contribution in [0.2, 0.25) is 0 Å². The average Bonchev–Trinajstić information content (AvgIpc) is 3.26. The quantitative estimate of drug-likeness (QED) is 0.0149. The van der Waals surface area contributed by atoms with E-state index >= 15 is 9.59 Å². The predicted octanol–water partition coefficient (Wildman–Crippen LogP) is 7.24. The van der Waals surface area contributed by atoms with E-state index in [1.807, 2.05) is 0 Å². The number of hydrogen-bond acceptors (Lipinski definition) is 12. The molecular formula is C50H61N5O10S. The van der Waals surface area contributed by atoms with Gasteiger partial charge < -0.3 is 41.0 Å². The van der Waals surface area contributed by atoms with Crippen molar-refractivity contribution in [2.45, 2.75) is 95.7 Å². The summed E-state index contributed by atoms with van der Waals surface area (Å²) in [4.78, 5) is 84.1. The maximum atomic E-state index is 15.3. The van der Waals surface area contributed by atoms with Crippen molar-refractivity contribution in [1.82, 2.24) is 15.5 Å². The first-order valence-corrected chi connectivity index (χ1v) is 22.1. The van der Waals surface area contributed by atoms with Crippen LogP contribution in [0.15, 0.2) is 122 Å². The molecule has 0 aromatic heterocycles.